The second kappa shape index (κ2) is 7.62. The van der Waals surface area contributed by atoms with Gasteiger partial charge >= 0.3 is 6.09 Å². The van der Waals surface area contributed by atoms with E-state index in [0.29, 0.717) is 6.42 Å². The van der Waals surface area contributed by atoms with Crippen molar-refractivity contribution in [2.45, 2.75) is 38.8 Å². The molecule has 114 valence electrons. The van der Waals surface area contributed by atoms with Crippen LogP contribution in [0, 0.1) is 5.92 Å². The van der Waals surface area contributed by atoms with E-state index in [4.69, 9.17) is 4.74 Å². The molecule has 4 heteroatoms. The fraction of sp³-hybridized carbons (Fsp3) is 0.412. The van der Waals surface area contributed by atoms with Gasteiger partial charge in [0.1, 0.15) is 11.9 Å². The van der Waals surface area contributed by atoms with Crippen molar-refractivity contribution in [2.75, 3.05) is 0 Å². The molecule has 0 aliphatic carbocycles. The van der Waals surface area contributed by atoms with E-state index in [1.807, 2.05) is 30.3 Å². The molecule has 1 aromatic rings. The van der Waals surface area contributed by atoms with Crippen molar-refractivity contribution in [2.24, 2.45) is 5.92 Å². The summed E-state index contributed by atoms with van der Waals surface area (Å²) in [4.78, 5) is 23.3. The van der Waals surface area contributed by atoms with E-state index < -0.39 is 17.7 Å². The molecule has 21 heavy (non-hydrogen) atoms. The molecule has 0 unspecified atom stereocenters. The summed E-state index contributed by atoms with van der Waals surface area (Å²) in [6, 6.07) is 8.95. The van der Waals surface area contributed by atoms with Crippen molar-refractivity contribution in [1.82, 2.24) is 5.32 Å². The standard InChI is InChI=1S/C17H23NO3/c1-5-9-14(12-19)15(13-10-7-6-8-11-13)18-16(20)21-17(2,3)4/h5-8,10-12,14-15H,1,9H2,2-4H3,(H,18,20)/t14-,15-/m1/s1. The Morgan fingerprint density at radius 3 is 2.43 bits per heavy atom. The van der Waals surface area contributed by atoms with Gasteiger partial charge in [0.15, 0.2) is 0 Å². The molecule has 1 rings (SSSR count). The topological polar surface area (TPSA) is 55.4 Å². The van der Waals surface area contributed by atoms with E-state index in [-0.39, 0.29) is 5.92 Å². The van der Waals surface area contributed by atoms with Crippen LogP contribution in [-0.2, 0) is 9.53 Å². The first-order chi connectivity index (χ1) is 9.87. The summed E-state index contributed by atoms with van der Waals surface area (Å²) in [5, 5.41) is 2.79. The third-order valence-electron chi connectivity index (χ3n) is 2.87. The van der Waals surface area contributed by atoms with Crippen LogP contribution in [0.4, 0.5) is 4.79 Å². The molecule has 0 saturated carbocycles. The fourth-order valence-electron chi connectivity index (χ4n) is 2.00. The van der Waals surface area contributed by atoms with Gasteiger partial charge in [0.25, 0.3) is 0 Å². The molecule has 1 aromatic carbocycles. The lowest BCUT2D eigenvalue weighted by atomic mass is 9.91. The molecule has 0 bridgehead atoms. The van der Waals surface area contributed by atoms with Gasteiger partial charge in [0, 0.05) is 5.92 Å². The molecule has 0 heterocycles. The van der Waals surface area contributed by atoms with Gasteiger partial charge in [0.2, 0.25) is 0 Å². The summed E-state index contributed by atoms with van der Waals surface area (Å²) < 4.78 is 5.27. The highest BCUT2D eigenvalue weighted by Gasteiger charge is 2.26. The Hall–Kier alpha value is -2.10. The lowest BCUT2D eigenvalue weighted by Crippen LogP contribution is -2.38. The minimum Gasteiger partial charge on any atom is -0.444 e. The molecule has 1 amide bonds. The quantitative estimate of drug-likeness (QED) is 0.642. The summed E-state index contributed by atoms with van der Waals surface area (Å²) in [5.41, 5.74) is 0.280. The number of carbonyl (C=O) groups excluding carboxylic acids is 2. The third kappa shape index (κ3) is 5.81. The summed E-state index contributed by atoms with van der Waals surface area (Å²) in [6.07, 6.45) is 2.47. The third-order valence-corrected chi connectivity index (χ3v) is 2.87. The van der Waals surface area contributed by atoms with Crippen molar-refractivity contribution in [1.29, 1.82) is 0 Å². The lowest BCUT2D eigenvalue weighted by molar-refractivity contribution is -0.111. The maximum Gasteiger partial charge on any atom is 0.408 e. The van der Waals surface area contributed by atoms with Crippen LogP contribution in [0.25, 0.3) is 0 Å². The number of nitrogens with one attached hydrogen (secondary N) is 1. The van der Waals surface area contributed by atoms with E-state index in [2.05, 4.69) is 11.9 Å². The molecule has 0 fully saturated rings. The Kier molecular flexibility index (Phi) is 6.15. The monoisotopic (exact) mass is 289 g/mol. The first-order valence-corrected chi connectivity index (χ1v) is 6.98. The normalized spacial score (nSPS) is 13.9. The summed E-state index contributed by atoms with van der Waals surface area (Å²) in [7, 11) is 0. The van der Waals surface area contributed by atoms with E-state index in [1.165, 1.54) is 0 Å². The average Bonchev–Trinajstić information content (AvgIpc) is 2.41. The van der Waals surface area contributed by atoms with Crippen LogP contribution in [-0.4, -0.2) is 18.0 Å². The molecule has 1 N–H and O–H groups in total. The maximum absolute atomic E-state index is 12.0. The van der Waals surface area contributed by atoms with Crippen molar-refractivity contribution in [3.05, 3.63) is 48.6 Å². The average molecular weight is 289 g/mol. The molecule has 0 spiro atoms. The second-order valence-corrected chi connectivity index (χ2v) is 5.86. The highest BCUT2D eigenvalue weighted by molar-refractivity contribution is 5.69. The first kappa shape index (κ1) is 17.0. The number of amides is 1. The first-order valence-electron chi connectivity index (χ1n) is 6.98. The SMILES string of the molecule is C=CC[C@H](C=O)[C@H](NC(=O)OC(C)(C)C)c1ccccc1. The number of allylic oxidation sites excluding steroid dienone is 1. The number of carbonyl (C=O) groups is 2. The van der Waals surface area contributed by atoms with Crippen LogP contribution in [0.3, 0.4) is 0 Å². The number of ether oxygens (including phenoxy) is 1. The minimum atomic E-state index is -0.583. The van der Waals surface area contributed by atoms with Gasteiger partial charge in [0.05, 0.1) is 6.04 Å². The number of hydrogen-bond acceptors (Lipinski definition) is 3. The number of rotatable bonds is 6. The number of hydrogen-bond donors (Lipinski definition) is 1. The van der Waals surface area contributed by atoms with Crippen LogP contribution in [0.5, 0.6) is 0 Å². The maximum atomic E-state index is 12.0. The second-order valence-electron chi connectivity index (χ2n) is 5.86. The van der Waals surface area contributed by atoms with Crippen LogP contribution >= 0.6 is 0 Å². The van der Waals surface area contributed by atoms with E-state index in [0.717, 1.165) is 11.8 Å². The zero-order chi connectivity index (χ0) is 15.9. The lowest BCUT2D eigenvalue weighted by Gasteiger charge is -2.26. The van der Waals surface area contributed by atoms with Gasteiger partial charge in [-0.3, -0.25) is 0 Å². The zero-order valence-electron chi connectivity index (χ0n) is 12.8. The van der Waals surface area contributed by atoms with Crippen molar-refractivity contribution in [3.63, 3.8) is 0 Å². The Labute approximate surface area is 126 Å². The smallest absolute Gasteiger partial charge is 0.408 e. The van der Waals surface area contributed by atoms with Gasteiger partial charge in [-0.2, -0.15) is 0 Å². The highest BCUT2D eigenvalue weighted by atomic mass is 16.6. The molecular weight excluding hydrogens is 266 g/mol. The summed E-state index contributed by atoms with van der Waals surface area (Å²) in [6.45, 7) is 9.05. The molecule has 4 nitrogen and oxygen atoms in total. The van der Waals surface area contributed by atoms with Gasteiger partial charge in [-0.15, -0.1) is 6.58 Å². The van der Waals surface area contributed by atoms with Gasteiger partial charge < -0.3 is 14.8 Å². The van der Waals surface area contributed by atoms with Crippen LogP contribution in [0.2, 0.25) is 0 Å². The number of alkyl carbamates (subject to hydrolysis) is 1. The molecule has 0 radical (unpaired) electrons. The largest absolute Gasteiger partial charge is 0.444 e. The minimum absolute atomic E-state index is 0.377. The van der Waals surface area contributed by atoms with Crippen LogP contribution in [0.1, 0.15) is 38.8 Å². The highest BCUT2D eigenvalue weighted by Crippen LogP contribution is 2.24. The summed E-state index contributed by atoms with van der Waals surface area (Å²) >= 11 is 0. The van der Waals surface area contributed by atoms with Crippen LogP contribution in [0.15, 0.2) is 43.0 Å². The summed E-state index contributed by atoms with van der Waals surface area (Å²) in [5.74, 6) is -0.377. The van der Waals surface area contributed by atoms with Gasteiger partial charge in [-0.1, -0.05) is 36.4 Å². The van der Waals surface area contributed by atoms with E-state index >= 15 is 0 Å². The number of aldehydes is 1. The Balaban J connectivity index is 2.94. The molecule has 2 atom stereocenters. The Morgan fingerprint density at radius 2 is 1.95 bits per heavy atom. The van der Waals surface area contributed by atoms with Crippen molar-refractivity contribution in [3.8, 4) is 0 Å². The van der Waals surface area contributed by atoms with E-state index in [1.54, 1.807) is 26.8 Å². The number of benzene rings is 1. The predicted molar refractivity (Wildman–Crippen MR) is 82.9 cm³/mol. The van der Waals surface area contributed by atoms with E-state index in [9.17, 15) is 9.59 Å². The Bertz CT molecular complexity index is 477. The zero-order valence-corrected chi connectivity index (χ0v) is 12.8. The predicted octanol–water partition coefficient (Wildman–Crippen LogP) is 3.64. The van der Waals surface area contributed by atoms with Gasteiger partial charge in [-0.25, -0.2) is 4.79 Å². The molecule has 0 aromatic heterocycles. The Morgan fingerprint density at radius 1 is 1.33 bits per heavy atom. The van der Waals surface area contributed by atoms with Crippen molar-refractivity contribution >= 4 is 12.4 Å². The fourth-order valence-corrected chi connectivity index (χ4v) is 2.00. The molecular formula is C17H23NO3. The molecule has 0 aliphatic rings. The molecule has 0 saturated heterocycles. The van der Waals surface area contributed by atoms with Crippen LogP contribution < -0.4 is 5.32 Å². The molecule has 0 aliphatic heterocycles. The van der Waals surface area contributed by atoms with Crippen molar-refractivity contribution < 1.29 is 14.3 Å². The van der Waals surface area contributed by atoms with Gasteiger partial charge in [-0.05, 0) is 32.8 Å².